The molecule has 21 heavy (non-hydrogen) atoms. The van der Waals surface area contributed by atoms with Crippen LogP contribution in [0.2, 0.25) is 0 Å². The lowest BCUT2D eigenvalue weighted by molar-refractivity contribution is -0.134. The van der Waals surface area contributed by atoms with E-state index in [9.17, 15) is 4.79 Å². The van der Waals surface area contributed by atoms with Crippen molar-refractivity contribution in [2.75, 3.05) is 20.2 Å². The summed E-state index contributed by atoms with van der Waals surface area (Å²) in [6.45, 7) is 3.12. The van der Waals surface area contributed by atoms with E-state index in [1.165, 1.54) is 0 Å². The molecule has 5 heteroatoms. The minimum atomic E-state index is -0.00142. The van der Waals surface area contributed by atoms with Gasteiger partial charge in [-0.1, -0.05) is 24.6 Å². The van der Waals surface area contributed by atoms with Gasteiger partial charge in [0.15, 0.2) is 0 Å². The summed E-state index contributed by atoms with van der Waals surface area (Å²) in [5, 5.41) is 0. The highest BCUT2D eigenvalue weighted by molar-refractivity contribution is 5.85. The third kappa shape index (κ3) is 4.61. The van der Waals surface area contributed by atoms with Gasteiger partial charge in [0.2, 0.25) is 5.91 Å². The van der Waals surface area contributed by atoms with E-state index in [0.29, 0.717) is 13.2 Å². The minimum Gasteiger partial charge on any atom is -0.491 e. The van der Waals surface area contributed by atoms with Gasteiger partial charge in [-0.25, -0.2) is 0 Å². The number of amides is 1. The molecular weight excluding hydrogens is 288 g/mol. The number of nitrogens with zero attached hydrogens (tertiary/aromatic N) is 1. The Labute approximate surface area is 133 Å². The summed E-state index contributed by atoms with van der Waals surface area (Å²) >= 11 is 0. The number of likely N-dealkylation sites (N-methyl/N-ethyl adjacent to an activating group) is 1. The van der Waals surface area contributed by atoms with Crippen LogP contribution in [0.3, 0.4) is 0 Å². The first-order valence-electron chi connectivity index (χ1n) is 7.28. The highest BCUT2D eigenvalue weighted by Gasteiger charge is 2.31. The van der Waals surface area contributed by atoms with Crippen molar-refractivity contribution in [2.45, 2.75) is 32.2 Å². The molecule has 118 valence electrons. The fourth-order valence-electron chi connectivity index (χ4n) is 2.70. The van der Waals surface area contributed by atoms with Gasteiger partial charge in [0.05, 0.1) is 12.5 Å². The van der Waals surface area contributed by atoms with Gasteiger partial charge in [0.1, 0.15) is 12.4 Å². The van der Waals surface area contributed by atoms with Crippen LogP contribution in [0.5, 0.6) is 5.75 Å². The van der Waals surface area contributed by atoms with E-state index in [4.69, 9.17) is 10.5 Å². The highest BCUT2D eigenvalue weighted by Crippen LogP contribution is 2.25. The van der Waals surface area contributed by atoms with Crippen molar-refractivity contribution in [1.82, 2.24) is 4.90 Å². The molecule has 1 aliphatic rings. The lowest BCUT2D eigenvalue weighted by Crippen LogP contribution is -2.41. The molecular formula is C16H25ClN2O2. The zero-order valence-corrected chi connectivity index (χ0v) is 13.6. The summed E-state index contributed by atoms with van der Waals surface area (Å²) < 4.78 is 5.72. The summed E-state index contributed by atoms with van der Waals surface area (Å²) in [7, 11) is 1.83. The van der Waals surface area contributed by atoms with Crippen molar-refractivity contribution < 1.29 is 9.53 Å². The van der Waals surface area contributed by atoms with Crippen molar-refractivity contribution in [3.05, 3.63) is 29.8 Å². The maximum Gasteiger partial charge on any atom is 0.227 e. The van der Waals surface area contributed by atoms with Gasteiger partial charge >= 0.3 is 0 Å². The Morgan fingerprint density at radius 3 is 2.71 bits per heavy atom. The fraction of sp³-hybridized carbons (Fsp3) is 0.562. The zero-order valence-electron chi connectivity index (χ0n) is 12.7. The quantitative estimate of drug-likeness (QED) is 0.908. The van der Waals surface area contributed by atoms with Crippen molar-refractivity contribution in [2.24, 2.45) is 11.7 Å². The first-order valence-corrected chi connectivity index (χ1v) is 7.28. The van der Waals surface area contributed by atoms with Crippen molar-refractivity contribution in [1.29, 1.82) is 0 Å². The summed E-state index contributed by atoms with van der Waals surface area (Å²) in [5.74, 6) is 1.03. The molecule has 1 amide bonds. The largest absolute Gasteiger partial charge is 0.491 e. The molecule has 0 aliphatic heterocycles. The molecule has 0 aromatic heterocycles. The number of rotatable bonds is 5. The number of ether oxygens (including phenoxy) is 1. The van der Waals surface area contributed by atoms with Crippen molar-refractivity contribution >= 4 is 18.3 Å². The van der Waals surface area contributed by atoms with Gasteiger partial charge in [-0.2, -0.15) is 0 Å². The van der Waals surface area contributed by atoms with Crippen LogP contribution in [0.1, 0.15) is 24.8 Å². The summed E-state index contributed by atoms with van der Waals surface area (Å²) in [5.41, 5.74) is 7.09. The summed E-state index contributed by atoms with van der Waals surface area (Å²) in [4.78, 5) is 14.0. The Morgan fingerprint density at radius 2 is 2.10 bits per heavy atom. The Hall–Kier alpha value is -1.26. The van der Waals surface area contributed by atoms with Gasteiger partial charge in [-0.3, -0.25) is 4.79 Å². The monoisotopic (exact) mass is 312 g/mol. The van der Waals surface area contributed by atoms with E-state index in [0.717, 1.165) is 30.6 Å². The molecule has 4 nitrogen and oxygen atoms in total. The normalized spacial score (nSPS) is 20.7. The smallest absolute Gasteiger partial charge is 0.227 e. The Morgan fingerprint density at radius 1 is 1.38 bits per heavy atom. The number of carbonyl (C=O) groups excluding carboxylic acids is 1. The van der Waals surface area contributed by atoms with Crippen LogP contribution in [0.25, 0.3) is 0 Å². The topological polar surface area (TPSA) is 55.6 Å². The molecule has 0 heterocycles. The Bertz CT molecular complexity index is 467. The standard InChI is InChI=1S/C16H24N2O2.ClH/c1-12-6-3-4-9-15(12)20-11-10-18(2)16(19)13-7-5-8-14(13)17;/h3-4,6,9,13-14H,5,7-8,10-11,17H2,1-2H3;1H. The number of hydrogen-bond acceptors (Lipinski definition) is 3. The molecule has 1 aromatic rings. The molecule has 2 atom stereocenters. The number of aryl methyl sites for hydroxylation is 1. The number of halogens is 1. The van der Waals surface area contributed by atoms with E-state index >= 15 is 0 Å². The average Bonchev–Trinajstić information content (AvgIpc) is 2.86. The molecule has 0 bridgehead atoms. The van der Waals surface area contributed by atoms with Gasteiger partial charge in [-0.15, -0.1) is 12.4 Å². The van der Waals surface area contributed by atoms with Gasteiger partial charge < -0.3 is 15.4 Å². The molecule has 0 saturated heterocycles. The molecule has 2 rings (SSSR count). The summed E-state index contributed by atoms with van der Waals surface area (Å²) in [6, 6.07) is 7.93. The van der Waals surface area contributed by atoms with Crippen LogP contribution >= 0.6 is 12.4 Å². The van der Waals surface area contributed by atoms with E-state index in [2.05, 4.69) is 0 Å². The predicted octanol–water partition coefficient (Wildman–Crippen LogP) is 2.38. The van der Waals surface area contributed by atoms with E-state index < -0.39 is 0 Å². The second kappa shape index (κ2) is 8.25. The third-order valence-corrected chi connectivity index (χ3v) is 4.04. The van der Waals surface area contributed by atoms with Crippen LogP contribution in [-0.4, -0.2) is 37.0 Å². The zero-order chi connectivity index (χ0) is 14.5. The number of hydrogen-bond donors (Lipinski definition) is 1. The summed E-state index contributed by atoms with van der Waals surface area (Å²) in [6.07, 6.45) is 2.94. The fourth-order valence-corrected chi connectivity index (χ4v) is 2.70. The number of para-hydroxylation sites is 1. The maximum atomic E-state index is 12.3. The molecule has 0 radical (unpaired) electrons. The Balaban J connectivity index is 0.00000220. The van der Waals surface area contributed by atoms with Crippen LogP contribution < -0.4 is 10.5 Å². The van der Waals surface area contributed by atoms with Crippen LogP contribution in [0, 0.1) is 12.8 Å². The molecule has 1 saturated carbocycles. The second-order valence-corrected chi connectivity index (χ2v) is 5.58. The van der Waals surface area contributed by atoms with Crippen LogP contribution in [-0.2, 0) is 4.79 Å². The van der Waals surface area contributed by atoms with Gasteiger partial charge in [0, 0.05) is 13.1 Å². The van der Waals surface area contributed by atoms with Crippen molar-refractivity contribution in [3.63, 3.8) is 0 Å². The van der Waals surface area contributed by atoms with Crippen LogP contribution in [0.4, 0.5) is 0 Å². The van der Waals surface area contributed by atoms with E-state index in [-0.39, 0.29) is 30.3 Å². The molecule has 0 spiro atoms. The van der Waals surface area contributed by atoms with Crippen LogP contribution in [0.15, 0.2) is 24.3 Å². The number of benzene rings is 1. The third-order valence-electron chi connectivity index (χ3n) is 4.04. The first-order chi connectivity index (χ1) is 9.59. The van der Waals surface area contributed by atoms with Gasteiger partial charge in [0.25, 0.3) is 0 Å². The number of nitrogens with two attached hydrogens (primary N) is 1. The molecule has 2 N–H and O–H groups in total. The van der Waals surface area contributed by atoms with Crippen molar-refractivity contribution in [3.8, 4) is 5.75 Å². The number of carbonyl (C=O) groups is 1. The van der Waals surface area contributed by atoms with Gasteiger partial charge in [-0.05, 0) is 31.4 Å². The molecule has 2 unspecified atom stereocenters. The molecule has 1 fully saturated rings. The molecule has 1 aliphatic carbocycles. The Kier molecular flexibility index (Phi) is 6.99. The van der Waals surface area contributed by atoms with E-state index in [1.54, 1.807) is 4.90 Å². The SMILES string of the molecule is Cc1ccccc1OCCN(C)C(=O)C1CCCC1N.Cl. The predicted molar refractivity (Wildman–Crippen MR) is 86.9 cm³/mol. The van der Waals surface area contributed by atoms with E-state index in [1.807, 2.05) is 38.2 Å². The second-order valence-electron chi connectivity index (χ2n) is 5.58. The lowest BCUT2D eigenvalue weighted by atomic mass is 10.0. The first kappa shape index (κ1) is 17.8. The lowest BCUT2D eigenvalue weighted by Gasteiger charge is -2.23. The minimum absolute atomic E-state index is 0. The highest BCUT2D eigenvalue weighted by atomic mass is 35.5. The average molecular weight is 313 g/mol. The molecule has 1 aromatic carbocycles. The maximum absolute atomic E-state index is 12.3.